The zero-order valence-electron chi connectivity index (χ0n) is 21.6. The summed E-state index contributed by atoms with van der Waals surface area (Å²) < 4.78 is 12.6. The SMILES string of the molecule is COc1cc(OC)c(-c2nc3c(n2C(C)CO)C2(C(=O)Nc4cc(Cl)ccc42)N(c2cccc(Cl)c2)C3=O)cn1. The molecule has 2 unspecified atom stereocenters. The van der Waals surface area contributed by atoms with E-state index in [0.717, 1.165) is 0 Å². The molecule has 4 aromatic rings. The average molecular weight is 580 g/mol. The number of carbonyl (C=O) groups excluding carboxylic acids is 2. The van der Waals surface area contributed by atoms with Crippen molar-refractivity contribution in [2.45, 2.75) is 18.5 Å². The number of aromatic nitrogens is 3. The molecule has 2 amide bonds. The second-order valence-corrected chi connectivity index (χ2v) is 10.3. The molecule has 1 spiro atoms. The standard InChI is InChI=1S/C28H23Cl2N5O5/c1-14(13-36)34-24-23(33-25(34)18-12-31-22(40-3)11-21(18)39-2)26(37)35(17-6-4-5-15(29)9-17)28(24)19-8-7-16(30)10-20(19)32-27(28)38/h4-12,14,36H,13H2,1-3H3,(H,32,38). The first-order chi connectivity index (χ1) is 19.3. The van der Waals surface area contributed by atoms with Crippen molar-refractivity contribution in [3.63, 3.8) is 0 Å². The highest BCUT2D eigenvalue weighted by molar-refractivity contribution is 6.32. The van der Waals surface area contributed by atoms with E-state index in [9.17, 15) is 14.7 Å². The molecule has 10 nitrogen and oxygen atoms in total. The number of nitrogens with zero attached hydrogens (tertiary/aromatic N) is 4. The fourth-order valence-corrected chi connectivity index (χ4v) is 5.87. The van der Waals surface area contributed by atoms with Crippen molar-refractivity contribution in [1.29, 1.82) is 0 Å². The molecule has 2 atom stereocenters. The van der Waals surface area contributed by atoms with E-state index in [1.54, 1.807) is 60.0 Å². The molecule has 12 heteroatoms. The van der Waals surface area contributed by atoms with E-state index < -0.39 is 23.4 Å². The molecule has 0 aliphatic carbocycles. The maximum Gasteiger partial charge on any atom is 0.280 e. The average Bonchev–Trinajstić information content (AvgIpc) is 3.55. The van der Waals surface area contributed by atoms with Gasteiger partial charge in [0.1, 0.15) is 11.6 Å². The molecule has 40 heavy (non-hydrogen) atoms. The number of anilines is 2. The van der Waals surface area contributed by atoms with Gasteiger partial charge in [0.05, 0.1) is 38.1 Å². The van der Waals surface area contributed by atoms with Crippen LogP contribution >= 0.6 is 23.2 Å². The van der Waals surface area contributed by atoms with Crippen molar-refractivity contribution in [2.24, 2.45) is 0 Å². The van der Waals surface area contributed by atoms with E-state index in [-0.39, 0.29) is 12.3 Å². The molecule has 0 fully saturated rings. The number of carbonyl (C=O) groups is 2. The summed E-state index contributed by atoms with van der Waals surface area (Å²) in [4.78, 5) is 39.0. The Morgan fingerprint density at radius 2 is 1.85 bits per heavy atom. The van der Waals surface area contributed by atoms with E-state index in [0.29, 0.717) is 55.7 Å². The van der Waals surface area contributed by atoms with E-state index in [2.05, 4.69) is 10.3 Å². The molecule has 0 saturated heterocycles. The quantitative estimate of drug-likeness (QED) is 0.340. The van der Waals surface area contributed by atoms with Crippen molar-refractivity contribution in [3.05, 3.63) is 81.7 Å². The molecular weight excluding hydrogens is 557 g/mol. The smallest absolute Gasteiger partial charge is 0.280 e. The number of hydrogen-bond donors (Lipinski definition) is 2. The predicted octanol–water partition coefficient (Wildman–Crippen LogP) is 4.68. The summed E-state index contributed by atoms with van der Waals surface area (Å²) in [5.41, 5.74) is 0.480. The third kappa shape index (κ3) is 3.53. The van der Waals surface area contributed by atoms with Crippen LogP contribution in [0.4, 0.5) is 11.4 Å². The highest BCUT2D eigenvalue weighted by atomic mass is 35.5. The minimum Gasteiger partial charge on any atom is -0.496 e. The van der Waals surface area contributed by atoms with Gasteiger partial charge in [0, 0.05) is 39.2 Å². The zero-order valence-corrected chi connectivity index (χ0v) is 23.1. The lowest BCUT2D eigenvalue weighted by Crippen LogP contribution is -2.51. The lowest BCUT2D eigenvalue weighted by molar-refractivity contribution is -0.119. The summed E-state index contributed by atoms with van der Waals surface area (Å²) in [5, 5.41) is 14.1. The number of hydrogen-bond acceptors (Lipinski definition) is 7. The molecule has 2 N–H and O–H groups in total. The van der Waals surface area contributed by atoms with Crippen molar-refractivity contribution in [1.82, 2.24) is 14.5 Å². The Bertz CT molecular complexity index is 1710. The van der Waals surface area contributed by atoms with Crippen LogP contribution in [0.15, 0.2) is 54.7 Å². The molecule has 0 bridgehead atoms. The minimum atomic E-state index is -1.68. The lowest BCUT2D eigenvalue weighted by atomic mass is 9.87. The van der Waals surface area contributed by atoms with Crippen molar-refractivity contribution >= 4 is 46.4 Å². The Morgan fingerprint density at radius 1 is 1.07 bits per heavy atom. The normalized spacial score (nSPS) is 18.1. The van der Waals surface area contributed by atoms with Gasteiger partial charge in [0.15, 0.2) is 11.2 Å². The van der Waals surface area contributed by atoms with Crippen LogP contribution in [0, 0.1) is 0 Å². The third-order valence-corrected chi connectivity index (χ3v) is 7.70. The van der Waals surface area contributed by atoms with E-state index >= 15 is 0 Å². The summed E-state index contributed by atoms with van der Waals surface area (Å²) in [6, 6.07) is 12.7. The summed E-state index contributed by atoms with van der Waals surface area (Å²) >= 11 is 12.6. The summed E-state index contributed by atoms with van der Waals surface area (Å²) in [7, 11) is 2.98. The fourth-order valence-electron chi connectivity index (χ4n) is 5.51. The topological polar surface area (TPSA) is 119 Å². The number of halogens is 2. The fraction of sp³-hybridized carbons (Fsp3) is 0.214. The number of pyridine rings is 1. The predicted molar refractivity (Wildman–Crippen MR) is 149 cm³/mol. The van der Waals surface area contributed by atoms with Crippen LogP contribution in [0.3, 0.4) is 0 Å². The summed E-state index contributed by atoms with van der Waals surface area (Å²) in [5.74, 6) is 0.0165. The van der Waals surface area contributed by atoms with Crippen molar-refractivity contribution < 1.29 is 24.2 Å². The molecule has 204 valence electrons. The van der Waals surface area contributed by atoms with Gasteiger partial charge in [-0.1, -0.05) is 35.3 Å². The first kappa shape index (κ1) is 26.1. The van der Waals surface area contributed by atoms with Gasteiger partial charge in [-0.05, 0) is 37.3 Å². The van der Waals surface area contributed by atoms with Gasteiger partial charge >= 0.3 is 0 Å². The number of aliphatic hydroxyl groups is 1. The van der Waals surface area contributed by atoms with E-state index in [1.165, 1.54) is 25.3 Å². The van der Waals surface area contributed by atoms with Crippen LogP contribution in [-0.2, 0) is 10.3 Å². The first-order valence-electron chi connectivity index (χ1n) is 12.3. The highest BCUT2D eigenvalue weighted by Crippen LogP contribution is 2.54. The largest absolute Gasteiger partial charge is 0.496 e. The van der Waals surface area contributed by atoms with E-state index in [4.69, 9.17) is 37.7 Å². The number of imidazole rings is 1. The Kier molecular flexibility index (Phi) is 6.21. The monoisotopic (exact) mass is 579 g/mol. The summed E-state index contributed by atoms with van der Waals surface area (Å²) in [6.07, 6.45) is 1.52. The Labute approximate surface area is 239 Å². The van der Waals surface area contributed by atoms with Gasteiger partial charge in [-0.25, -0.2) is 9.97 Å². The number of fused-ring (bicyclic) bond motifs is 4. The Balaban J connectivity index is 1.72. The van der Waals surface area contributed by atoms with Crippen molar-refractivity contribution in [3.8, 4) is 23.0 Å². The second-order valence-electron chi connectivity index (χ2n) is 9.44. The number of amides is 2. The molecule has 4 heterocycles. The molecule has 0 radical (unpaired) electrons. The number of ether oxygens (including phenoxy) is 2. The van der Waals surface area contributed by atoms with Crippen LogP contribution < -0.4 is 19.7 Å². The number of nitrogens with one attached hydrogen (secondary N) is 1. The number of aliphatic hydroxyl groups excluding tert-OH is 1. The van der Waals surface area contributed by atoms with E-state index in [1.807, 2.05) is 0 Å². The lowest BCUT2D eigenvalue weighted by Gasteiger charge is -2.36. The number of benzene rings is 2. The molecule has 0 saturated carbocycles. The van der Waals surface area contributed by atoms with Gasteiger partial charge in [0.25, 0.3) is 11.8 Å². The number of methoxy groups -OCH3 is 2. The molecule has 2 aliphatic heterocycles. The van der Waals surface area contributed by atoms with Crippen LogP contribution in [0.1, 0.15) is 34.7 Å². The van der Waals surface area contributed by atoms with Crippen molar-refractivity contribution in [2.75, 3.05) is 31.0 Å². The minimum absolute atomic E-state index is 0.0473. The van der Waals surface area contributed by atoms with Crippen LogP contribution in [0.2, 0.25) is 10.0 Å². The molecule has 2 aliphatic rings. The zero-order chi connectivity index (χ0) is 28.3. The third-order valence-electron chi connectivity index (χ3n) is 7.23. The van der Waals surface area contributed by atoms with Gasteiger partial charge in [-0.3, -0.25) is 14.5 Å². The van der Waals surface area contributed by atoms with Gasteiger partial charge in [0.2, 0.25) is 5.88 Å². The van der Waals surface area contributed by atoms with Gasteiger partial charge < -0.3 is 24.5 Å². The maximum absolute atomic E-state index is 14.3. The first-order valence-corrected chi connectivity index (χ1v) is 13.0. The Hall–Kier alpha value is -4.12. The molecule has 6 rings (SSSR count). The summed E-state index contributed by atoms with van der Waals surface area (Å²) in [6.45, 7) is 1.46. The van der Waals surface area contributed by atoms with Gasteiger partial charge in [-0.2, -0.15) is 0 Å². The molecule has 2 aromatic heterocycles. The van der Waals surface area contributed by atoms with Crippen LogP contribution in [0.25, 0.3) is 11.4 Å². The number of rotatable bonds is 6. The Morgan fingerprint density at radius 3 is 2.55 bits per heavy atom. The molecule has 2 aromatic carbocycles. The van der Waals surface area contributed by atoms with Crippen LogP contribution in [0.5, 0.6) is 11.6 Å². The highest BCUT2D eigenvalue weighted by Gasteiger charge is 2.64. The van der Waals surface area contributed by atoms with Crippen LogP contribution in [-0.4, -0.2) is 52.3 Å². The maximum atomic E-state index is 14.3. The van der Waals surface area contributed by atoms with Gasteiger partial charge in [-0.15, -0.1) is 0 Å². The second kappa shape index (κ2) is 9.51. The molecular formula is C28H23Cl2N5O5.